The number of hydrogen-bond acceptors (Lipinski definition) is 5. The third-order valence-electron chi connectivity index (χ3n) is 2.19. The Bertz CT molecular complexity index is 693. The summed E-state index contributed by atoms with van der Waals surface area (Å²) in [4.78, 5) is 12.3. The molecule has 11 heteroatoms. The number of aromatic nitrogens is 2. The second-order valence-electron chi connectivity index (χ2n) is 3.80. The zero-order valence-corrected chi connectivity index (χ0v) is 13.6. The fraction of sp³-hybridized carbons (Fsp3) is 0.182. The summed E-state index contributed by atoms with van der Waals surface area (Å²) in [6, 6.07) is 4.96. The van der Waals surface area contributed by atoms with Crippen LogP contribution in [-0.2, 0) is 11.0 Å². The van der Waals surface area contributed by atoms with E-state index < -0.39 is 17.1 Å². The highest BCUT2D eigenvalue weighted by Crippen LogP contribution is 2.34. The summed E-state index contributed by atoms with van der Waals surface area (Å²) in [5, 5.41) is 7.82. The molecule has 0 atom stereocenters. The lowest BCUT2D eigenvalue weighted by Crippen LogP contribution is -2.13. The summed E-state index contributed by atoms with van der Waals surface area (Å²) in [6.07, 6.45) is -4.58. The van der Waals surface area contributed by atoms with E-state index in [9.17, 15) is 18.0 Å². The van der Waals surface area contributed by atoms with Crippen molar-refractivity contribution in [1.82, 2.24) is 10.2 Å². The molecule has 2 aromatic rings. The number of thioether (sulfide) groups is 1. The molecule has 1 amide bonds. The normalized spacial score (nSPS) is 11.5. The van der Waals surface area contributed by atoms with Gasteiger partial charge in [0, 0.05) is 4.90 Å². The summed E-state index contributed by atoms with van der Waals surface area (Å²) in [6.45, 7) is 0. The molecule has 0 saturated heterocycles. The number of benzene rings is 1. The number of nitrogens with zero attached hydrogens (tertiary/aromatic N) is 2. The molecular weight excluding hydrogens is 382 g/mol. The van der Waals surface area contributed by atoms with Crippen LogP contribution in [0.25, 0.3) is 0 Å². The predicted octanol–water partition coefficient (Wildman–Crippen LogP) is 4.59. The maximum Gasteiger partial charge on any atom is 0.445 e. The first-order valence-corrected chi connectivity index (χ1v) is 8.10. The van der Waals surface area contributed by atoms with Crippen LogP contribution in [0.15, 0.2) is 23.1 Å². The Morgan fingerprint density at radius 2 is 2.05 bits per heavy atom. The van der Waals surface area contributed by atoms with Crippen LogP contribution in [0.4, 0.5) is 18.3 Å². The monoisotopic (exact) mass is 387 g/mol. The van der Waals surface area contributed by atoms with Gasteiger partial charge >= 0.3 is 6.18 Å². The average Bonchev–Trinajstić information content (AvgIpc) is 2.89. The van der Waals surface area contributed by atoms with Crippen molar-refractivity contribution in [2.45, 2.75) is 11.1 Å². The Hall–Kier alpha value is -1.03. The average molecular weight is 388 g/mol. The molecule has 0 aliphatic carbocycles. The SMILES string of the molecule is O=C(CSc1cccc(Cl)c1Cl)Nc1nnc(C(F)(F)F)s1. The first-order valence-electron chi connectivity index (χ1n) is 5.54. The van der Waals surface area contributed by atoms with Gasteiger partial charge in [0.1, 0.15) is 0 Å². The lowest BCUT2D eigenvalue weighted by atomic mass is 10.4. The van der Waals surface area contributed by atoms with Crippen LogP contribution in [0.5, 0.6) is 0 Å². The Labute approximate surface area is 141 Å². The van der Waals surface area contributed by atoms with E-state index >= 15 is 0 Å². The summed E-state index contributed by atoms with van der Waals surface area (Å²) in [7, 11) is 0. The van der Waals surface area contributed by atoms with Crippen LogP contribution in [0.3, 0.4) is 0 Å². The molecule has 2 rings (SSSR count). The van der Waals surface area contributed by atoms with Gasteiger partial charge in [0.2, 0.25) is 16.0 Å². The fourth-order valence-corrected chi connectivity index (χ4v) is 3.20. The fourth-order valence-electron chi connectivity index (χ4n) is 1.28. The van der Waals surface area contributed by atoms with Gasteiger partial charge in [-0.25, -0.2) is 0 Å². The van der Waals surface area contributed by atoms with Crippen molar-refractivity contribution in [2.75, 3.05) is 11.1 Å². The van der Waals surface area contributed by atoms with Crippen LogP contribution in [0, 0.1) is 0 Å². The number of alkyl halides is 3. The van der Waals surface area contributed by atoms with E-state index in [0.717, 1.165) is 11.8 Å². The number of carbonyl (C=O) groups is 1. The van der Waals surface area contributed by atoms with E-state index in [-0.39, 0.29) is 22.2 Å². The standard InChI is InChI=1S/C11H6Cl2F3N3OS2/c12-5-2-1-3-6(8(5)13)21-4-7(20)17-10-19-18-9(22-10)11(14,15)16/h1-3H,4H2,(H,17,19,20). The number of carbonyl (C=O) groups excluding carboxylic acids is 1. The smallest absolute Gasteiger partial charge is 0.300 e. The molecule has 0 unspecified atom stereocenters. The van der Waals surface area contributed by atoms with Crippen LogP contribution >= 0.6 is 46.3 Å². The van der Waals surface area contributed by atoms with Crippen molar-refractivity contribution in [1.29, 1.82) is 0 Å². The van der Waals surface area contributed by atoms with Crippen LogP contribution in [-0.4, -0.2) is 21.9 Å². The minimum Gasteiger partial charge on any atom is -0.300 e. The number of amides is 1. The highest BCUT2D eigenvalue weighted by Gasteiger charge is 2.35. The third kappa shape index (κ3) is 4.48. The van der Waals surface area contributed by atoms with E-state index in [1.807, 2.05) is 0 Å². The van der Waals surface area contributed by atoms with Crippen LogP contribution < -0.4 is 5.32 Å². The van der Waals surface area contributed by atoms with Gasteiger partial charge < -0.3 is 0 Å². The number of anilines is 1. The second-order valence-corrected chi connectivity index (χ2v) is 6.58. The quantitative estimate of drug-likeness (QED) is 0.779. The lowest BCUT2D eigenvalue weighted by Gasteiger charge is -2.05. The lowest BCUT2D eigenvalue weighted by molar-refractivity contribution is -0.138. The van der Waals surface area contributed by atoms with Crippen molar-refractivity contribution in [3.63, 3.8) is 0 Å². The molecule has 0 bridgehead atoms. The van der Waals surface area contributed by atoms with E-state index in [1.165, 1.54) is 0 Å². The van der Waals surface area contributed by atoms with Crippen molar-refractivity contribution in [3.05, 3.63) is 33.3 Å². The number of hydrogen-bond donors (Lipinski definition) is 1. The summed E-state index contributed by atoms with van der Waals surface area (Å²) in [5.41, 5.74) is 0. The van der Waals surface area contributed by atoms with Crippen LogP contribution in [0.2, 0.25) is 10.0 Å². The molecule has 0 saturated carbocycles. The minimum absolute atomic E-state index is 0.0546. The van der Waals surface area contributed by atoms with Gasteiger partial charge in [-0.15, -0.1) is 22.0 Å². The molecule has 4 nitrogen and oxygen atoms in total. The molecule has 1 aromatic carbocycles. The maximum absolute atomic E-state index is 12.4. The first-order chi connectivity index (χ1) is 10.3. The van der Waals surface area contributed by atoms with Gasteiger partial charge in [0.25, 0.3) is 0 Å². The molecule has 0 radical (unpaired) electrons. The van der Waals surface area contributed by atoms with Gasteiger partial charge in [-0.05, 0) is 12.1 Å². The Morgan fingerprint density at radius 1 is 1.32 bits per heavy atom. The van der Waals surface area contributed by atoms with Gasteiger partial charge in [-0.3, -0.25) is 10.1 Å². The van der Waals surface area contributed by atoms with Gasteiger partial charge in [0.05, 0.1) is 15.8 Å². The van der Waals surface area contributed by atoms with Crippen molar-refractivity contribution >= 4 is 57.3 Å². The van der Waals surface area contributed by atoms with Crippen molar-refractivity contribution < 1.29 is 18.0 Å². The van der Waals surface area contributed by atoms with Gasteiger partial charge in [-0.2, -0.15) is 13.2 Å². The molecular formula is C11H6Cl2F3N3OS2. The molecule has 118 valence electrons. The maximum atomic E-state index is 12.4. The molecule has 0 spiro atoms. The third-order valence-corrected chi connectivity index (χ3v) is 5.06. The Morgan fingerprint density at radius 3 is 2.68 bits per heavy atom. The number of halogens is 5. The second kappa shape index (κ2) is 7.03. The van der Waals surface area contributed by atoms with Crippen LogP contribution in [0.1, 0.15) is 5.01 Å². The van der Waals surface area contributed by atoms with Crippen molar-refractivity contribution in [3.8, 4) is 0 Å². The summed E-state index contributed by atoms with van der Waals surface area (Å²) >= 11 is 13.2. The molecule has 0 aliphatic heterocycles. The highest BCUT2D eigenvalue weighted by molar-refractivity contribution is 8.00. The molecule has 1 aromatic heterocycles. The highest BCUT2D eigenvalue weighted by atomic mass is 35.5. The van der Waals surface area contributed by atoms with Gasteiger partial charge in [0.15, 0.2) is 0 Å². The number of nitrogens with one attached hydrogen (secondary N) is 1. The zero-order chi connectivity index (χ0) is 16.3. The Balaban J connectivity index is 1.93. The largest absolute Gasteiger partial charge is 0.445 e. The number of rotatable bonds is 4. The molecule has 0 fully saturated rings. The minimum atomic E-state index is -4.58. The topological polar surface area (TPSA) is 54.9 Å². The van der Waals surface area contributed by atoms with E-state index in [1.54, 1.807) is 18.2 Å². The zero-order valence-electron chi connectivity index (χ0n) is 10.4. The molecule has 1 heterocycles. The predicted molar refractivity (Wildman–Crippen MR) is 80.7 cm³/mol. The molecule has 0 aliphatic rings. The van der Waals surface area contributed by atoms with Gasteiger partial charge in [-0.1, -0.05) is 40.6 Å². The molecule has 1 N–H and O–H groups in total. The summed E-state index contributed by atoms with van der Waals surface area (Å²) < 4.78 is 37.1. The first kappa shape index (κ1) is 17.3. The van der Waals surface area contributed by atoms with E-state index in [4.69, 9.17) is 23.2 Å². The Kier molecular flexibility index (Phi) is 5.54. The molecule has 22 heavy (non-hydrogen) atoms. The summed E-state index contributed by atoms with van der Waals surface area (Å²) in [5.74, 6) is -0.577. The van der Waals surface area contributed by atoms with E-state index in [0.29, 0.717) is 14.9 Å². The van der Waals surface area contributed by atoms with Crippen molar-refractivity contribution in [2.24, 2.45) is 0 Å². The van der Waals surface area contributed by atoms with E-state index in [2.05, 4.69) is 15.5 Å².